The molecule has 1 aromatic rings. The molecule has 0 bridgehead atoms. The third-order valence-electron chi connectivity index (χ3n) is 5.36. The molecule has 1 aromatic heterocycles. The van der Waals surface area contributed by atoms with Crippen molar-refractivity contribution in [1.29, 1.82) is 0 Å². The minimum atomic E-state index is 0.500. The van der Waals surface area contributed by atoms with Crippen molar-refractivity contribution < 1.29 is 4.74 Å². The van der Waals surface area contributed by atoms with Crippen LogP contribution in [0.3, 0.4) is 0 Å². The molecule has 1 aliphatic heterocycles. The summed E-state index contributed by atoms with van der Waals surface area (Å²) in [7, 11) is 0. The Morgan fingerprint density at radius 2 is 2.44 bits per heavy atom. The first-order valence-corrected chi connectivity index (χ1v) is 7.93. The molecule has 3 fully saturated rings. The molecule has 18 heavy (non-hydrogen) atoms. The molecular weight excluding hydrogens is 244 g/mol. The lowest BCUT2D eigenvalue weighted by Gasteiger charge is -2.63. The van der Waals surface area contributed by atoms with Gasteiger partial charge >= 0.3 is 0 Å². The maximum atomic E-state index is 5.95. The predicted molar refractivity (Wildman–Crippen MR) is 71.6 cm³/mol. The SMILES string of the molecule is Cc1ncsc1CNC1[C@@H]2CCO[C@@H]2C12CCC2. The lowest BCUT2D eigenvalue weighted by molar-refractivity contribution is -0.176. The van der Waals surface area contributed by atoms with Crippen LogP contribution in [0.5, 0.6) is 0 Å². The topological polar surface area (TPSA) is 34.2 Å². The molecule has 0 aromatic carbocycles. The van der Waals surface area contributed by atoms with E-state index in [2.05, 4.69) is 17.2 Å². The number of rotatable bonds is 3. The first kappa shape index (κ1) is 11.4. The molecule has 0 amide bonds. The van der Waals surface area contributed by atoms with Gasteiger partial charge in [-0.1, -0.05) is 6.42 Å². The number of aromatic nitrogens is 1. The standard InChI is InChI=1S/C14H20N2OS/c1-9-11(18-8-16-9)7-15-12-10-3-6-17-13(10)14(12)4-2-5-14/h8,10,12-13,15H,2-7H2,1H3/t10-,12?,13-/m0/s1. The third kappa shape index (κ3) is 1.40. The number of nitrogens with zero attached hydrogens (tertiary/aromatic N) is 1. The van der Waals surface area contributed by atoms with Gasteiger partial charge in [0.15, 0.2) is 0 Å². The lowest BCUT2D eigenvalue weighted by atomic mass is 9.46. The van der Waals surface area contributed by atoms with Crippen LogP contribution >= 0.6 is 11.3 Å². The summed E-state index contributed by atoms with van der Waals surface area (Å²) in [5.74, 6) is 0.776. The van der Waals surface area contributed by atoms with Crippen molar-refractivity contribution >= 4 is 11.3 Å². The fraction of sp³-hybridized carbons (Fsp3) is 0.786. The Morgan fingerprint density at radius 1 is 1.56 bits per heavy atom. The van der Waals surface area contributed by atoms with Gasteiger partial charge in [-0.2, -0.15) is 0 Å². The summed E-state index contributed by atoms with van der Waals surface area (Å²) in [5, 5.41) is 3.82. The smallest absolute Gasteiger partial charge is 0.0798 e. The van der Waals surface area contributed by atoms with Gasteiger partial charge in [0.25, 0.3) is 0 Å². The Labute approximate surface area is 112 Å². The molecule has 2 aliphatic carbocycles. The molecule has 0 radical (unpaired) electrons. The zero-order valence-electron chi connectivity index (χ0n) is 10.8. The maximum Gasteiger partial charge on any atom is 0.0798 e. The summed E-state index contributed by atoms with van der Waals surface area (Å²) in [6.07, 6.45) is 5.96. The number of fused-ring (bicyclic) bond motifs is 2. The van der Waals surface area contributed by atoms with E-state index in [1.54, 1.807) is 11.3 Å². The molecule has 2 saturated carbocycles. The summed E-state index contributed by atoms with van der Waals surface area (Å²) >= 11 is 1.77. The van der Waals surface area contributed by atoms with Crippen LogP contribution in [-0.2, 0) is 11.3 Å². The molecule has 3 nitrogen and oxygen atoms in total. The molecule has 1 spiro atoms. The van der Waals surface area contributed by atoms with Gasteiger partial charge in [0.1, 0.15) is 0 Å². The van der Waals surface area contributed by atoms with Crippen LogP contribution in [-0.4, -0.2) is 23.7 Å². The monoisotopic (exact) mass is 264 g/mol. The highest BCUT2D eigenvalue weighted by Crippen LogP contribution is 2.62. The maximum absolute atomic E-state index is 5.95. The summed E-state index contributed by atoms with van der Waals surface area (Å²) in [6, 6.07) is 0.695. The molecule has 4 heteroatoms. The van der Waals surface area contributed by atoms with Crippen molar-refractivity contribution in [2.24, 2.45) is 11.3 Å². The summed E-state index contributed by atoms with van der Waals surface area (Å²) in [6.45, 7) is 4.08. The van der Waals surface area contributed by atoms with Gasteiger partial charge in [0, 0.05) is 35.4 Å². The minimum absolute atomic E-state index is 0.500. The highest BCUT2D eigenvalue weighted by molar-refractivity contribution is 7.09. The van der Waals surface area contributed by atoms with Gasteiger partial charge in [-0.05, 0) is 26.2 Å². The molecule has 2 heterocycles. The molecule has 4 rings (SSSR count). The number of nitrogens with one attached hydrogen (secondary N) is 1. The highest BCUT2D eigenvalue weighted by atomic mass is 32.1. The number of aryl methyl sites for hydroxylation is 1. The summed E-state index contributed by atoms with van der Waals surface area (Å²) < 4.78 is 5.95. The van der Waals surface area contributed by atoms with E-state index in [4.69, 9.17) is 4.74 Å². The van der Waals surface area contributed by atoms with Crippen LogP contribution in [0.4, 0.5) is 0 Å². The quantitative estimate of drug-likeness (QED) is 0.911. The van der Waals surface area contributed by atoms with E-state index in [0.29, 0.717) is 17.6 Å². The van der Waals surface area contributed by atoms with Gasteiger partial charge in [0.05, 0.1) is 17.3 Å². The first-order valence-electron chi connectivity index (χ1n) is 7.05. The molecule has 3 atom stereocenters. The molecule has 1 saturated heterocycles. The van der Waals surface area contributed by atoms with Crippen molar-refractivity contribution in [3.05, 3.63) is 16.1 Å². The molecular formula is C14H20N2OS. The Kier molecular flexibility index (Phi) is 2.54. The van der Waals surface area contributed by atoms with Crippen LogP contribution in [0, 0.1) is 18.3 Å². The number of thiazole rings is 1. The fourth-order valence-corrected chi connectivity index (χ4v) is 4.99. The average molecular weight is 264 g/mol. The van der Waals surface area contributed by atoms with Crippen LogP contribution < -0.4 is 5.32 Å². The predicted octanol–water partition coefficient (Wildman–Crippen LogP) is 2.50. The molecule has 3 aliphatic rings. The van der Waals surface area contributed by atoms with E-state index in [1.165, 1.54) is 36.3 Å². The Balaban J connectivity index is 1.46. The zero-order chi connectivity index (χ0) is 12.2. The van der Waals surface area contributed by atoms with Crippen LogP contribution in [0.2, 0.25) is 0 Å². The van der Waals surface area contributed by atoms with E-state index < -0.39 is 0 Å². The van der Waals surface area contributed by atoms with E-state index in [1.807, 2.05) is 5.51 Å². The normalized spacial score (nSPS) is 36.2. The van der Waals surface area contributed by atoms with Crippen molar-refractivity contribution in [2.75, 3.05) is 6.61 Å². The largest absolute Gasteiger partial charge is 0.377 e. The molecule has 1 unspecified atom stereocenters. The van der Waals surface area contributed by atoms with Crippen molar-refractivity contribution in [2.45, 2.75) is 51.3 Å². The van der Waals surface area contributed by atoms with E-state index in [-0.39, 0.29) is 0 Å². The number of hydrogen-bond donors (Lipinski definition) is 1. The van der Waals surface area contributed by atoms with Gasteiger partial charge in [0.2, 0.25) is 0 Å². The third-order valence-corrected chi connectivity index (χ3v) is 6.30. The van der Waals surface area contributed by atoms with Crippen LogP contribution in [0.25, 0.3) is 0 Å². The lowest BCUT2D eigenvalue weighted by Crippen LogP contribution is -2.70. The Morgan fingerprint density at radius 3 is 3.11 bits per heavy atom. The second-order valence-electron chi connectivity index (χ2n) is 6.05. The fourth-order valence-electron chi connectivity index (χ4n) is 4.26. The van der Waals surface area contributed by atoms with E-state index >= 15 is 0 Å². The zero-order valence-corrected chi connectivity index (χ0v) is 11.6. The van der Waals surface area contributed by atoms with Gasteiger partial charge in [-0.15, -0.1) is 11.3 Å². The van der Waals surface area contributed by atoms with Crippen molar-refractivity contribution in [3.8, 4) is 0 Å². The summed E-state index contributed by atoms with van der Waals surface area (Å²) in [4.78, 5) is 5.72. The second-order valence-corrected chi connectivity index (χ2v) is 6.99. The Bertz CT molecular complexity index is 454. The number of ether oxygens (including phenoxy) is 1. The molecule has 1 N–H and O–H groups in total. The van der Waals surface area contributed by atoms with Crippen molar-refractivity contribution in [1.82, 2.24) is 10.3 Å². The first-order chi connectivity index (χ1) is 8.81. The van der Waals surface area contributed by atoms with Crippen LogP contribution in [0.15, 0.2) is 5.51 Å². The second kappa shape index (κ2) is 4.02. The average Bonchev–Trinajstić information content (AvgIpc) is 2.86. The molecule has 98 valence electrons. The Hall–Kier alpha value is -0.450. The van der Waals surface area contributed by atoms with E-state index in [0.717, 1.165) is 19.1 Å². The van der Waals surface area contributed by atoms with Crippen molar-refractivity contribution in [3.63, 3.8) is 0 Å². The number of hydrogen-bond acceptors (Lipinski definition) is 4. The van der Waals surface area contributed by atoms with Crippen LogP contribution in [0.1, 0.15) is 36.3 Å². The van der Waals surface area contributed by atoms with Gasteiger partial charge < -0.3 is 10.1 Å². The van der Waals surface area contributed by atoms with E-state index in [9.17, 15) is 0 Å². The summed E-state index contributed by atoms with van der Waals surface area (Å²) in [5.41, 5.74) is 3.64. The van der Waals surface area contributed by atoms with Gasteiger partial charge in [-0.3, -0.25) is 0 Å². The van der Waals surface area contributed by atoms with Gasteiger partial charge in [-0.25, -0.2) is 4.98 Å². The highest BCUT2D eigenvalue weighted by Gasteiger charge is 2.66. The minimum Gasteiger partial charge on any atom is -0.377 e.